The third-order valence-corrected chi connectivity index (χ3v) is 3.92. The fourth-order valence-corrected chi connectivity index (χ4v) is 2.61. The van der Waals surface area contributed by atoms with E-state index in [2.05, 4.69) is 9.44 Å². The highest BCUT2D eigenvalue weighted by Crippen LogP contribution is 2.13. The number of hydrogen-bond donors (Lipinski definition) is 2. The highest BCUT2D eigenvalue weighted by Gasteiger charge is 2.22. The smallest absolute Gasteiger partial charge is 0.271 e. The van der Waals surface area contributed by atoms with Gasteiger partial charge in [-0.05, 0) is 39.3 Å². The SMILES string of the molecule is CCC(C)(C)NS(=O)(=O)Nc1ccc(C)cc1. The third-order valence-electron chi connectivity index (χ3n) is 2.60. The predicted octanol–water partition coefficient (Wildman–Crippen LogP) is 2.43. The quantitative estimate of drug-likeness (QED) is 0.850. The molecule has 0 amide bonds. The van der Waals surface area contributed by atoms with E-state index in [1.54, 1.807) is 12.1 Å². The molecule has 0 aromatic heterocycles. The second-order valence-corrected chi connectivity index (χ2v) is 6.23. The van der Waals surface area contributed by atoms with Gasteiger partial charge in [0, 0.05) is 11.2 Å². The van der Waals surface area contributed by atoms with E-state index in [1.165, 1.54) is 0 Å². The van der Waals surface area contributed by atoms with Crippen LogP contribution < -0.4 is 9.44 Å². The van der Waals surface area contributed by atoms with Crippen molar-refractivity contribution in [3.05, 3.63) is 29.8 Å². The summed E-state index contributed by atoms with van der Waals surface area (Å²) in [5, 5.41) is 0. The number of nitrogens with one attached hydrogen (secondary N) is 2. The summed E-state index contributed by atoms with van der Waals surface area (Å²) >= 11 is 0. The molecule has 2 N–H and O–H groups in total. The summed E-state index contributed by atoms with van der Waals surface area (Å²) in [5.41, 5.74) is 1.21. The van der Waals surface area contributed by atoms with Crippen molar-refractivity contribution in [2.24, 2.45) is 0 Å². The van der Waals surface area contributed by atoms with Crippen molar-refractivity contribution < 1.29 is 8.42 Å². The van der Waals surface area contributed by atoms with Crippen LogP contribution in [0.5, 0.6) is 0 Å². The van der Waals surface area contributed by atoms with E-state index in [4.69, 9.17) is 0 Å². The minimum absolute atomic E-state index is 0.448. The van der Waals surface area contributed by atoms with Gasteiger partial charge in [-0.1, -0.05) is 24.6 Å². The maximum atomic E-state index is 11.8. The summed E-state index contributed by atoms with van der Waals surface area (Å²) in [6, 6.07) is 7.21. The van der Waals surface area contributed by atoms with Gasteiger partial charge in [0.1, 0.15) is 0 Å². The monoisotopic (exact) mass is 256 g/mol. The Morgan fingerprint density at radius 1 is 1.18 bits per heavy atom. The van der Waals surface area contributed by atoms with Crippen molar-refractivity contribution in [3.63, 3.8) is 0 Å². The lowest BCUT2D eigenvalue weighted by atomic mass is 10.0. The second kappa shape index (κ2) is 5.06. The summed E-state index contributed by atoms with van der Waals surface area (Å²) in [4.78, 5) is 0. The Bertz CT molecular complexity index is 464. The van der Waals surface area contributed by atoms with Gasteiger partial charge in [-0.25, -0.2) is 0 Å². The topological polar surface area (TPSA) is 58.2 Å². The third kappa shape index (κ3) is 4.75. The van der Waals surface area contributed by atoms with Gasteiger partial charge in [-0.3, -0.25) is 4.72 Å². The van der Waals surface area contributed by atoms with E-state index < -0.39 is 15.7 Å². The normalized spacial score (nSPS) is 12.5. The van der Waals surface area contributed by atoms with E-state index in [1.807, 2.05) is 39.8 Å². The van der Waals surface area contributed by atoms with Gasteiger partial charge in [-0.2, -0.15) is 13.1 Å². The van der Waals surface area contributed by atoms with Crippen LogP contribution in [-0.4, -0.2) is 14.0 Å². The first-order valence-corrected chi connectivity index (χ1v) is 7.11. The molecule has 0 fully saturated rings. The molecule has 0 heterocycles. The van der Waals surface area contributed by atoms with Crippen molar-refractivity contribution in [2.45, 2.75) is 39.7 Å². The molecule has 0 aliphatic carbocycles. The van der Waals surface area contributed by atoms with E-state index in [0.717, 1.165) is 12.0 Å². The maximum absolute atomic E-state index is 11.8. The Labute approximate surface area is 104 Å². The maximum Gasteiger partial charge on any atom is 0.299 e. The van der Waals surface area contributed by atoms with Crippen LogP contribution in [0.1, 0.15) is 32.8 Å². The molecule has 0 unspecified atom stereocenters. The predicted molar refractivity (Wildman–Crippen MR) is 71.2 cm³/mol. The summed E-state index contributed by atoms with van der Waals surface area (Å²) < 4.78 is 28.8. The van der Waals surface area contributed by atoms with E-state index in [9.17, 15) is 8.42 Å². The van der Waals surface area contributed by atoms with Crippen LogP contribution in [0.15, 0.2) is 24.3 Å². The lowest BCUT2D eigenvalue weighted by Gasteiger charge is -2.24. The number of aryl methyl sites for hydroxylation is 1. The minimum Gasteiger partial charge on any atom is -0.271 e. The van der Waals surface area contributed by atoms with Crippen LogP contribution in [0, 0.1) is 6.92 Å². The van der Waals surface area contributed by atoms with Crippen LogP contribution in [0.3, 0.4) is 0 Å². The average Bonchev–Trinajstić information content (AvgIpc) is 2.20. The number of rotatable bonds is 5. The standard InChI is InChI=1S/C12H20N2O2S/c1-5-12(3,4)14-17(15,16)13-11-8-6-10(2)7-9-11/h6-9,13-14H,5H2,1-4H3. The lowest BCUT2D eigenvalue weighted by Crippen LogP contribution is -2.45. The minimum atomic E-state index is -3.52. The number of hydrogen-bond acceptors (Lipinski definition) is 2. The second-order valence-electron chi connectivity index (χ2n) is 4.81. The molecule has 1 aromatic carbocycles. The Kier molecular flexibility index (Phi) is 4.16. The average molecular weight is 256 g/mol. The van der Waals surface area contributed by atoms with E-state index in [-0.39, 0.29) is 0 Å². The first-order valence-electron chi connectivity index (χ1n) is 5.62. The number of benzene rings is 1. The van der Waals surface area contributed by atoms with Crippen molar-refractivity contribution in [1.29, 1.82) is 0 Å². The van der Waals surface area contributed by atoms with Gasteiger partial charge < -0.3 is 0 Å². The van der Waals surface area contributed by atoms with Crippen molar-refractivity contribution in [3.8, 4) is 0 Å². The van der Waals surface area contributed by atoms with Gasteiger partial charge in [0.05, 0.1) is 0 Å². The molecule has 5 heteroatoms. The van der Waals surface area contributed by atoms with Crippen LogP contribution in [0.2, 0.25) is 0 Å². The van der Waals surface area contributed by atoms with E-state index in [0.29, 0.717) is 5.69 Å². The fourth-order valence-electron chi connectivity index (χ4n) is 1.24. The van der Waals surface area contributed by atoms with Gasteiger partial charge in [0.15, 0.2) is 0 Å². The van der Waals surface area contributed by atoms with Gasteiger partial charge in [0.25, 0.3) is 10.2 Å². The molecule has 0 bridgehead atoms. The molecular formula is C12H20N2O2S. The zero-order valence-electron chi connectivity index (χ0n) is 10.7. The summed E-state index contributed by atoms with van der Waals surface area (Å²) in [5.74, 6) is 0. The van der Waals surface area contributed by atoms with Gasteiger partial charge >= 0.3 is 0 Å². The van der Waals surface area contributed by atoms with Crippen molar-refractivity contribution in [1.82, 2.24) is 4.72 Å². The largest absolute Gasteiger partial charge is 0.299 e. The van der Waals surface area contributed by atoms with Crippen LogP contribution in [0.4, 0.5) is 5.69 Å². The van der Waals surface area contributed by atoms with Gasteiger partial charge in [-0.15, -0.1) is 0 Å². The Morgan fingerprint density at radius 2 is 1.71 bits per heavy atom. The van der Waals surface area contributed by atoms with Crippen LogP contribution >= 0.6 is 0 Å². The molecule has 0 saturated carbocycles. The highest BCUT2D eigenvalue weighted by atomic mass is 32.2. The number of anilines is 1. The molecule has 0 aliphatic heterocycles. The lowest BCUT2D eigenvalue weighted by molar-refractivity contribution is 0.441. The summed E-state index contributed by atoms with van der Waals surface area (Å²) in [6.07, 6.45) is 0.724. The molecule has 17 heavy (non-hydrogen) atoms. The molecule has 96 valence electrons. The molecule has 4 nitrogen and oxygen atoms in total. The zero-order valence-corrected chi connectivity index (χ0v) is 11.6. The van der Waals surface area contributed by atoms with Crippen molar-refractivity contribution in [2.75, 3.05) is 4.72 Å². The molecule has 1 rings (SSSR count). The van der Waals surface area contributed by atoms with Gasteiger partial charge in [0.2, 0.25) is 0 Å². The molecule has 0 saturated heterocycles. The summed E-state index contributed by atoms with van der Waals surface area (Å²) in [6.45, 7) is 7.59. The Morgan fingerprint density at radius 3 is 2.18 bits per heavy atom. The van der Waals surface area contributed by atoms with Crippen molar-refractivity contribution >= 4 is 15.9 Å². The molecule has 0 aliphatic rings. The first kappa shape index (κ1) is 14.0. The molecule has 1 aromatic rings. The highest BCUT2D eigenvalue weighted by molar-refractivity contribution is 7.90. The fraction of sp³-hybridized carbons (Fsp3) is 0.500. The molecular weight excluding hydrogens is 236 g/mol. The zero-order chi connectivity index (χ0) is 13.1. The molecule has 0 radical (unpaired) electrons. The van der Waals surface area contributed by atoms with Crippen LogP contribution in [-0.2, 0) is 10.2 Å². The summed E-state index contributed by atoms with van der Waals surface area (Å²) in [7, 11) is -3.52. The Hall–Kier alpha value is -1.07. The molecule has 0 spiro atoms. The van der Waals surface area contributed by atoms with E-state index >= 15 is 0 Å². The van der Waals surface area contributed by atoms with Crippen LogP contribution in [0.25, 0.3) is 0 Å². The Balaban J connectivity index is 2.77. The molecule has 0 atom stereocenters. The first-order chi connectivity index (χ1) is 7.74.